The molecule has 0 radical (unpaired) electrons. The first kappa shape index (κ1) is 21.8. The Labute approximate surface area is 166 Å². The van der Waals surface area contributed by atoms with Crippen molar-refractivity contribution in [3.63, 3.8) is 0 Å². The van der Waals surface area contributed by atoms with Crippen LogP contribution in [0.1, 0.15) is 68.7 Å². The van der Waals surface area contributed by atoms with Crippen molar-refractivity contribution in [1.29, 1.82) is 0 Å². The zero-order chi connectivity index (χ0) is 20.0. The van der Waals surface area contributed by atoms with Crippen molar-refractivity contribution < 1.29 is 10.2 Å². The van der Waals surface area contributed by atoms with Gasteiger partial charge in [-0.1, -0.05) is 45.7 Å². The predicted octanol–water partition coefficient (Wildman–Crippen LogP) is 5.85. The minimum Gasteiger partial charge on any atom is -0.507 e. The Hall–Kier alpha value is -1.53. The molecule has 148 valence electrons. The number of rotatable bonds is 9. The fraction of sp³-hybridized carbons (Fsp3) is 0.500. The normalized spacial score (nSPS) is 11.3. The van der Waals surface area contributed by atoms with Crippen LogP contribution in [0.3, 0.4) is 0 Å². The zero-order valence-electron chi connectivity index (χ0n) is 17.6. The molecule has 0 aromatic heterocycles. The smallest absolute Gasteiger partial charge is 0.126 e. The Kier molecular flexibility index (Phi) is 8.17. The van der Waals surface area contributed by atoms with Gasteiger partial charge in [-0.05, 0) is 88.0 Å². The summed E-state index contributed by atoms with van der Waals surface area (Å²) in [5.74, 6) is 0.885. The lowest BCUT2D eigenvalue weighted by Gasteiger charge is -2.23. The molecular formula is C24H35O2P. The van der Waals surface area contributed by atoms with E-state index in [2.05, 4.69) is 58.9 Å². The van der Waals surface area contributed by atoms with Crippen molar-refractivity contribution >= 4 is 18.5 Å². The van der Waals surface area contributed by atoms with Crippen LogP contribution in [-0.2, 0) is 12.8 Å². The van der Waals surface area contributed by atoms with E-state index in [1.54, 1.807) is 0 Å². The third-order valence-corrected chi connectivity index (χ3v) is 7.60. The SMILES string of the molecule is CCCCc1cc(C)cc(P(CC)c2cc(C)cc(CCCC)c2O)c1O. The van der Waals surface area contributed by atoms with Crippen molar-refractivity contribution in [2.24, 2.45) is 0 Å². The maximum Gasteiger partial charge on any atom is 0.126 e. The Bertz CT molecular complexity index is 704. The standard InChI is InChI=1S/C24H35O2P/c1-6-9-11-19-13-17(4)15-21(23(19)25)27(8-3)22-16-18(5)14-20(24(22)26)12-10-7-2/h13-16,25-26H,6-12H2,1-5H3. The average Bonchev–Trinajstić information content (AvgIpc) is 2.64. The summed E-state index contributed by atoms with van der Waals surface area (Å²) in [6.45, 7) is 10.7. The zero-order valence-corrected chi connectivity index (χ0v) is 18.5. The number of phenols is 2. The average molecular weight is 387 g/mol. The monoisotopic (exact) mass is 386 g/mol. The van der Waals surface area contributed by atoms with Gasteiger partial charge < -0.3 is 10.2 Å². The molecule has 0 saturated heterocycles. The Morgan fingerprint density at radius 1 is 0.704 bits per heavy atom. The lowest BCUT2D eigenvalue weighted by molar-refractivity contribution is 0.470. The van der Waals surface area contributed by atoms with Crippen LogP contribution in [0.2, 0.25) is 0 Å². The Balaban J connectivity index is 2.54. The van der Waals surface area contributed by atoms with Crippen molar-refractivity contribution in [3.8, 4) is 11.5 Å². The van der Waals surface area contributed by atoms with E-state index in [0.717, 1.165) is 66.4 Å². The first-order valence-corrected chi connectivity index (χ1v) is 11.9. The maximum atomic E-state index is 11.0. The van der Waals surface area contributed by atoms with E-state index in [1.165, 1.54) is 11.1 Å². The molecule has 27 heavy (non-hydrogen) atoms. The van der Waals surface area contributed by atoms with Crippen LogP contribution in [0.4, 0.5) is 0 Å². The lowest BCUT2D eigenvalue weighted by atomic mass is 10.0. The van der Waals surface area contributed by atoms with E-state index in [4.69, 9.17) is 0 Å². The highest BCUT2D eigenvalue weighted by Gasteiger charge is 2.22. The van der Waals surface area contributed by atoms with Gasteiger partial charge in [-0.15, -0.1) is 0 Å². The molecule has 0 fully saturated rings. The van der Waals surface area contributed by atoms with Gasteiger partial charge in [-0.2, -0.15) is 0 Å². The van der Waals surface area contributed by atoms with Gasteiger partial charge in [0.1, 0.15) is 11.5 Å². The first-order chi connectivity index (χ1) is 12.9. The third kappa shape index (κ3) is 5.26. The van der Waals surface area contributed by atoms with E-state index in [-0.39, 0.29) is 0 Å². The molecule has 0 amide bonds. The first-order valence-electron chi connectivity index (χ1n) is 10.3. The molecule has 3 heteroatoms. The molecule has 0 unspecified atom stereocenters. The highest BCUT2D eigenvalue weighted by molar-refractivity contribution is 7.73. The second kappa shape index (κ2) is 10.1. The molecule has 2 aromatic carbocycles. The molecule has 2 aromatic rings. The molecule has 0 spiro atoms. The molecule has 0 saturated carbocycles. The third-order valence-electron chi connectivity index (χ3n) is 5.12. The molecule has 0 atom stereocenters. The molecule has 2 N–H and O–H groups in total. The van der Waals surface area contributed by atoms with Crippen molar-refractivity contribution in [1.82, 2.24) is 0 Å². The summed E-state index contributed by atoms with van der Waals surface area (Å²) in [6, 6.07) is 8.46. The van der Waals surface area contributed by atoms with Crippen LogP contribution >= 0.6 is 7.92 Å². The van der Waals surface area contributed by atoms with E-state index < -0.39 is 7.92 Å². The molecule has 0 aliphatic heterocycles. The number of benzene rings is 2. The summed E-state index contributed by atoms with van der Waals surface area (Å²) in [4.78, 5) is 0. The van der Waals surface area contributed by atoms with Crippen LogP contribution in [0.5, 0.6) is 11.5 Å². The van der Waals surface area contributed by atoms with Crippen LogP contribution in [0.25, 0.3) is 0 Å². The maximum absolute atomic E-state index is 11.0. The summed E-state index contributed by atoms with van der Waals surface area (Å²) in [5.41, 5.74) is 4.47. The number of hydrogen-bond donors (Lipinski definition) is 2. The van der Waals surface area contributed by atoms with Gasteiger partial charge in [0, 0.05) is 10.6 Å². The van der Waals surface area contributed by atoms with Gasteiger partial charge in [0.05, 0.1) is 0 Å². The molecular weight excluding hydrogens is 351 g/mol. The van der Waals surface area contributed by atoms with Gasteiger partial charge in [0.25, 0.3) is 0 Å². The van der Waals surface area contributed by atoms with E-state index in [1.807, 2.05) is 0 Å². The van der Waals surface area contributed by atoms with Crippen molar-refractivity contribution in [2.75, 3.05) is 6.16 Å². The number of aryl methyl sites for hydroxylation is 4. The molecule has 0 aliphatic carbocycles. The van der Waals surface area contributed by atoms with Crippen LogP contribution in [0, 0.1) is 13.8 Å². The summed E-state index contributed by atoms with van der Waals surface area (Å²) < 4.78 is 0. The number of hydrogen-bond acceptors (Lipinski definition) is 2. The number of aromatic hydroxyl groups is 2. The summed E-state index contributed by atoms with van der Waals surface area (Å²) in [5, 5.41) is 24.0. The summed E-state index contributed by atoms with van der Waals surface area (Å²) in [6.07, 6.45) is 7.12. The van der Waals surface area contributed by atoms with Crippen LogP contribution in [0.15, 0.2) is 24.3 Å². The second-order valence-electron chi connectivity index (χ2n) is 7.53. The molecule has 2 nitrogen and oxygen atoms in total. The highest BCUT2D eigenvalue weighted by atomic mass is 31.1. The van der Waals surface area contributed by atoms with E-state index >= 15 is 0 Å². The van der Waals surface area contributed by atoms with Gasteiger partial charge in [0.2, 0.25) is 0 Å². The quantitative estimate of drug-likeness (QED) is 0.531. The topological polar surface area (TPSA) is 40.5 Å². The van der Waals surface area contributed by atoms with Gasteiger partial charge in [0.15, 0.2) is 0 Å². The number of phenolic OH excluding ortho intramolecular Hbond substituents is 2. The van der Waals surface area contributed by atoms with E-state index in [0.29, 0.717) is 11.5 Å². The van der Waals surface area contributed by atoms with Gasteiger partial charge >= 0.3 is 0 Å². The molecule has 0 aliphatic rings. The largest absolute Gasteiger partial charge is 0.507 e. The predicted molar refractivity (Wildman–Crippen MR) is 120 cm³/mol. The van der Waals surface area contributed by atoms with Crippen LogP contribution < -0.4 is 10.6 Å². The fourth-order valence-corrected chi connectivity index (χ4v) is 6.12. The summed E-state index contributed by atoms with van der Waals surface area (Å²) >= 11 is 0. The minimum atomic E-state index is -0.785. The number of unbranched alkanes of at least 4 members (excludes halogenated alkanes) is 2. The van der Waals surface area contributed by atoms with Crippen molar-refractivity contribution in [3.05, 3.63) is 46.5 Å². The van der Waals surface area contributed by atoms with Crippen molar-refractivity contribution in [2.45, 2.75) is 73.1 Å². The van der Waals surface area contributed by atoms with Gasteiger partial charge in [-0.3, -0.25) is 0 Å². The lowest BCUT2D eigenvalue weighted by Crippen LogP contribution is -2.17. The minimum absolute atomic E-state index is 0.443. The Morgan fingerprint density at radius 2 is 1.11 bits per heavy atom. The fourth-order valence-electron chi connectivity index (χ4n) is 3.66. The van der Waals surface area contributed by atoms with Gasteiger partial charge in [-0.25, -0.2) is 0 Å². The second-order valence-corrected chi connectivity index (χ2v) is 9.99. The van der Waals surface area contributed by atoms with Crippen LogP contribution in [-0.4, -0.2) is 16.4 Å². The Morgan fingerprint density at radius 3 is 1.44 bits per heavy atom. The highest BCUT2D eigenvalue weighted by Crippen LogP contribution is 2.42. The molecule has 2 rings (SSSR count). The van der Waals surface area contributed by atoms with E-state index in [9.17, 15) is 10.2 Å². The summed E-state index contributed by atoms with van der Waals surface area (Å²) in [7, 11) is -0.785. The molecule has 0 bridgehead atoms. The molecule has 0 heterocycles.